The van der Waals surface area contributed by atoms with Crippen molar-refractivity contribution in [3.63, 3.8) is 0 Å². The molecular formula is C36H27N. The van der Waals surface area contributed by atoms with Gasteiger partial charge in [0.1, 0.15) is 0 Å². The lowest BCUT2D eigenvalue weighted by Gasteiger charge is -2.22. The molecular weight excluding hydrogens is 446 g/mol. The van der Waals surface area contributed by atoms with E-state index in [1.54, 1.807) is 0 Å². The van der Waals surface area contributed by atoms with Gasteiger partial charge in [0.2, 0.25) is 0 Å². The maximum absolute atomic E-state index is 2.44. The first-order valence-corrected chi connectivity index (χ1v) is 13.1. The second-order valence-electron chi connectivity index (χ2n) is 11.0. The Balaban J connectivity index is 1.48. The van der Waals surface area contributed by atoms with Gasteiger partial charge in [-0.1, -0.05) is 117 Å². The van der Waals surface area contributed by atoms with Gasteiger partial charge in [0.25, 0.3) is 0 Å². The molecule has 0 fully saturated rings. The van der Waals surface area contributed by atoms with E-state index in [4.69, 9.17) is 0 Å². The van der Waals surface area contributed by atoms with E-state index >= 15 is 0 Å². The topological polar surface area (TPSA) is 4.93 Å². The number of aromatic nitrogens is 1. The van der Waals surface area contributed by atoms with E-state index in [9.17, 15) is 0 Å². The summed E-state index contributed by atoms with van der Waals surface area (Å²) >= 11 is 0. The first kappa shape index (κ1) is 20.8. The summed E-state index contributed by atoms with van der Waals surface area (Å²) in [6.45, 7) is 4.72. The number of aryl methyl sites for hydroxylation is 1. The Morgan fingerprint density at radius 1 is 0.486 bits per heavy atom. The molecule has 0 radical (unpaired) electrons. The van der Waals surface area contributed by atoms with Crippen molar-refractivity contribution in [2.24, 2.45) is 7.05 Å². The number of benzene rings is 6. The summed E-state index contributed by atoms with van der Waals surface area (Å²) in [6.07, 6.45) is 0. The Bertz CT molecular complexity index is 2070. The van der Waals surface area contributed by atoms with Crippen molar-refractivity contribution in [2.45, 2.75) is 19.3 Å². The van der Waals surface area contributed by atoms with E-state index in [0.29, 0.717) is 0 Å². The van der Waals surface area contributed by atoms with Gasteiger partial charge in [-0.25, -0.2) is 0 Å². The van der Waals surface area contributed by atoms with Gasteiger partial charge >= 0.3 is 0 Å². The van der Waals surface area contributed by atoms with Crippen LogP contribution in [0.1, 0.15) is 25.0 Å². The van der Waals surface area contributed by atoms with Crippen LogP contribution in [-0.4, -0.2) is 4.57 Å². The number of nitrogens with zero attached hydrogens (tertiary/aromatic N) is 1. The number of hydrogen-bond donors (Lipinski definition) is 0. The fraction of sp³-hybridized carbons (Fsp3) is 0.111. The largest absolute Gasteiger partial charge is 0.343 e. The molecule has 1 aromatic heterocycles. The van der Waals surface area contributed by atoms with Gasteiger partial charge in [-0.2, -0.15) is 0 Å². The van der Waals surface area contributed by atoms with Crippen molar-refractivity contribution >= 4 is 43.4 Å². The van der Waals surface area contributed by atoms with Crippen LogP contribution in [-0.2, 0) is 12.5 Å². The monoisotopic (exact) mass is 473 g/mol. The predicted molar refractivity (Wildman–Crippen MR) is 158 cm³/mol. The highest BCUT2D eigenvalue weighted by Gasteiger charge is 2.35. The number of rotatable bonds is 1. The van der Waals surface area contributed by atoms with Crippen molar-refractivity contribution in [2.75, 3.05) is 0 Å². The summed E-state index contributed by atoms with van der Waals surface area (Å²) in [5.41, 5.74) is 10.7. The van der Waals surface area contributed by atoms with E-state index in [1.165, 1.54) is 76.7 Å². The van der Waals surface area contributed by atoms with E-state index in [1.807, 2.05) is 0 Å². The zero-order valence-corrected chi connectivity index (χ0v) is 21.3. The molecule has 1 heteroatoms. The third kappa shape index (κ3) is 2.59. The molecule has 1 aliphatic rings. The second kappa shape index (κ2) is 7.11. The Morgan fingerprint density at radius 2 is 1.08 bits per heavy atom. The molecule has 0 saturated heterocycles. The third-order valence-electron chi connectivity index (χ3n) is 8.78. The molecule has 0 atom stereocenters. The first-order chi connectivity index (χ1) is 18.1. The zero-order valence-electron chi connectivity index (χ0n) is 21.3. The minimum atomic E-state index is -0.0127. The van der Waals surface area contributed by atoms with Gasteiger partial charge in [-0.15, -0.1) is 0 Å². The van der Waals surface area contributed by atoms with Gasteiger partial charge in [0, 0.05) is 34.2 Å². The second-order valence-corrected chi connectivity index (χ2v) is 11.0. The van der Waals surface area contributed by atoms with Gasteiger partial charge in [-0.3, -0.25) is 0 Å². The van der Waals surface area contributed by atoms with E-state index in [2.05, 4.69) is 135 Å². The van der Waals surface area contributed by atoms with Gasteiger partial charge in [-0.05, 0) is 50.0 Å². The fourth-order valence-electron chi connectivity index (χ4n) is 7.07. The lowest BCUT2D eigenvalue weighted by molar-refractivity contribution is 0.660. The van der Waals surface area contributed by atoms with Crippen LogP contribution in [0.15, 0.2) is 109 Å². The van der Waals surface area contributed by atoms with E-state index < -0.39 is 0 Å². The summed E-state index contributed by atoms with van der Waals surface area (Å²) in [5.74, 6) is 0. The first-order valence-electron chi connectivity index (χ1n) is 13.1. The lowest BCUT2D eigenvalue weighted by atomic mass is 9.81. The third-order valence-corrected chi connectivity index (χ3v) is 8.78. The van der Waals surface area contributed by atoms with Crippen molar-refractivity contribution in [3.05, 3.63) is 120 Å². The standard InChI is InChI=1S/C36H27N/c1-36(2)31-18-9-8-13-26(31)27-20-19-22(21-32(27)36)23-16-10-17-30-33-28-14-6-4-11-24(28)25-12-5-7-15-29(25)35(33)37(3)34(23)30/h4-21H,1-3H3. The normalized spacial score (nSPS) is 14.0. The molecule has 176 valence electrons. The molecule has 0 saturated carbocycles. The van der Waals surface area contributed by atoms with E-state index in [-0.39, 0.29) is 5.41 Å². The molecule has 0 amide bonds. The SMILES string of the molecule is Cn1c2c(-c3ccc4c(c3)C(C)(C)c3ccccc3-4)cccc2c2c3ccccc3c3ccccc3c21. The highest BCUT2D eigenvalue weighted by molar-refractivity contribution is 6.32. The molecule has 1 heterocycles. The summed E-state index contributed by atoms with van der Waals surface area (Å²) in [6, 6.07) is 40.5. The van der Waals surface area contributed by atoms with Crippen molar-refractivity contribution in [1.29, 1.82) is 0 Å². The fourth-order valence-corrected chi connectivity index (χ4v) is 7.07. The van der Waals surface area contributed by atoms with Crippen LogP contribution in [0.3, 0.4) is 0 Å². The predicted octanol–water partition coefficient (Wildman–Crippen LogP) is 9.61. The number of para-hydroxylation sites is 1. The van der Waals surface area contributed by atoms with Crippen LogP contribution < -0.4 is 0 Å². The molecule has 1 nitrogen and oxygen atoms in total. The van der Waals surface area contributed by atoms with Crippen LogP contribution in [0, 0.1) is 0 Å². The summed E-state index contributed by atoms with van der Waals surface area (Å²) in [5, 5.41) is 7.94. The highest BCUT2D eigenvalue weighted by atomic mass is 14.9. The Labute approximate surface area is 216 Å². The van der Waals surface area contributed by atoms with Gasteiger partial charge in [0.15, 0.2) is 0 Å². The molecule has 6 aromatic carbocycles. The molecule has 0 spiro atoms. The molecule has 37 heavy (non-hydrogen) atoms. The Morgan fingerprint density at radius 3 is 1.89 bits per heavy atom. The summed E-state index contributed by atoms with van der Waals surface area (Å²) < 4.78 is 2.43. The summed E-state index contributed by atoms with van der Waals surface area (Å²) in [4.78, 5) is 0. The smallest absolute Gasteiger partial charge is 0.0575 e. The quantitative estimate of drug-likeness (QED) is 0.209. The molecule has 8 rings (SSSR count). The number of hydrogen-bond acceptors (Lipinski definition) is 0. The Hall–Kier alpha value is -4.36. The lowest BCUT2D eigenvalue weighted by Crippen LogP contribution is -2.14. The average Bonchev–Trinajstić information content (AvgIpc) is 3.37. The van der Waals surface area contributed by atoms with Crippen LogP contribution >= 0.6 is 0 Å². The highest BCUT2D eigenvalue weighted by Crippen LogP contribution is 2.50. The molecule has 1 aliphatic carbocycles. The molecule has 7 aromatic rings. The molecule has 0 bridgehead atoms. The minimum Gasteiger partial charge on any atom is -0.343 e. The zero-order chi connectivity index (χ0) is 24.9. The van der Waals surface area contributed by atoms with Crippen molar-refractivity contribution in [3.8, 4) is 22.3 Å². The number of fused-ring (bicyclic) bond motifs is 11. The van der Waals surface area contributed by atoms with Gasteiger partial charge in [0.05, 0.1) is 11.0 Å². The van der Waals surface area contributed by atoms with Crippen LogP contribution in [0.4, 0.5) is 0 Å². The molecule has 0 aliphatic heterocycles. The van der Waals surface area contributed by atoms with E-state index in [0.717, 1.165) is 0 Å². The van der Waals surface area contributed by atoms with Gasteiger partial charge < -0.3 is 4.57 Å². The van der Waals surface area contributed by atoms with Crippen LogP contribution in [0.25, 0.3) is 65.6 Å². The average molecular weight is 474 g/mol. The molecule has 0 N–H and O–H groups in total. The maximum Gasteiger partial charge on any atom is 0.0575 e. The molecule has 0 unspecified atom stereocenters. The van der Waals surface area contributed by atoms with Crippen molar-refractivity contribution < 1.29 is 0 Å². The maximum atomic E-state index is 2.44. The summed E-state index contributed by atoms with van der Waals surface area (Å²) in [7, 11) is 2.24. The minimum absolute atomic E-state index is 0.0127. The van der Waals surface area contributed by atoms with Crippen LogP contribution in [0.5, 0.6) is 0 Å². The van der Waals surface area contributed by atoms with Crippen molar-refractivity contribution in [1.82, 2.24) is 4.57 Å². The Kier molecular flexibility index (Phi) is 4.00. The van der Waals surface area contributed by atoms with Crippen LogP contribution in [0.2, 0.25) is 0 Å².